The lowest BCUT2D eigenvalue weighted by atomic mass is 10.2. The topological polar surface area (TPSA) is 94.4 Å². The SMILES string of the molecule is COc1ccc(-c2ccc3nc(NCCN4CCOCC4)c(=O)n(Cc4cc(F)cc(F)c4)c3n2)cn1. The molecule has 1 fully saturated rings. The minimum Gasteiger partial charge on any atom is -0.481 e. The van der Waals surface area contributed by atoms with E-state index in [1.807, 2.05) is 0 Å². The lowest BCUT2D eigenvalue weighted by Crippen LogP contribution is -2.39. The second-order valence-corrected chi connectivity index (χ2v) is 8.64. The Morgan fingerprint density at radius 3 is 2.54 bits per heavy atom. The minimum absolute atomic E-state index is 0.0814. The third-order valence-corrected chi connectivity index (χ3v) is 6.12. The number of ether oxygens (including phenoxy) is 2. The van der Waals surface area contributed by atoms with Crippen LogP contribution >= 0.6 is 0 Å². The maximum absolute atomic E-state index is 13.9. The first-order valence-electron chi connectivity index (χ1n) is 11.9. The number of benzene rings is 1. The fourth-order valence-corrected chi connectivity index (χ4v) is 4.24. The highest BCUT2D eigenvalue weighted by Crippen LogP contribution is 2.22. The number of nitrogens with zero attached hydrogens (tertiary/aromatic N) is 5. The molecule has 1 saturated heterocycles. The van der Waals surface area contributed by atoms with Gasteiger partial charge in [-0.15, -0.1) is 0 Å². The van der Waals surface area contributed by atoms with Crippen molar-refractivity contribution in [1.82, 2.24) is 24.4 Å². The Bertz CT molecular complexity index is 1440. The molecule has 4 heterocycles. The van der Waals surface area contributed by atoms with E-state index >= 15 is 0 Å². The quantitative estimate of drug-likeness (QED) is 0.388. The third-order valence-electron chi connectivity index (χ3n) is 6.12. The molecule has 0 bridgehead atoms. The maximum Gasteiger partial charge on any atom is 0.295 e. The molecule has 0 unspecified atom stereocenters. The van der Waals surface area contributed by atoms with Crippen LogP contribution in [0, 0.1) is 11.6 Å². The summed E-state index contributed by atoms with van der Waals surface area (Å²) in [5.41, 5.74) is 1.90. The summed E-state index contributed by atoms with van der Waals surface area (Å²) in [6, 6.07) is 10.3. The van der Waals surface area contributed by atoms with Gasteiger partial charge in [-0.05, 0) is 35.9 Å². The van der Waals surface area contributed by atoms with Crippen LogP contribution in [0.2, 0.25) is 0 Å². The molecule has 0 saturated carbocycles. The number of hydrogen-bond donors (Lipinski definition) is 1. The summed E-state index contributed by atoms with van der Waals surface area (Å²) in [5, 5.41) is 3.13. The molecule has 0 amide bonds. The van der Waals surface area contributed by atoms with E-state index in [4.69, 9.17) is 9.47 Å². The van der Waals surface area contributed by atoms with Crippen molar-refractivity contribution in [3.63, 3.8) is 0 Å². The summed E-state index contributed by atoms with van der Waals surface area (Å²) < 4.78 is 39.7. The van der Waals surface area contributed by atoms with Crippen molar-refractivity contribution in [2.45, 2.75) is 6.54 Å². The van der Waals surface area contributed by atoms with Crippen molar-refractivity contribution in [3.8, 4) is 17.1 Å². The van der Waals surface area contributed by atoms with Gasteiger partial charge < -0.3 is 14.8 Å². The number of rotatable bonds is 8. The Kier molecular flexibility index (Phi) is 7.33. The van der Waals surface area contributed by atoms with Crippen LogP contribution in [-0.2, 0) is 11.3 Å². The van der Waals surface area contributed by atoms with Crippen molar-refractivity contribution in [3.05, 3.63) is 76.2 Å². The van der Waals surface area contributed by atoms with Crippen molar-refractivity contribution in [2.75, 3.05) is 51.8 Å². The van der Waals surface area contributed by atoms with E-state index in [0.717, 1.165) is 25.7 Å². The van der Waals surface area contributed by atoms with Gasteiger partial charge in [0.05, 0.1) is 32.6 Å². The van der Waals surface area contributed by atoms with Gasteiger partial charge in [-0.25, -0.2) is 23.7 Å². The molecule has 9 nitrogen and oxygen atoms in total. The Labute approximate surface area is 211 Å². The van der Waals surface area contributed by atoms with E-state index in [1.54, 1.807) is 30.5 Å². The van der Waals surface area contributed by atoms with Crippen molar-refractivity contribution < 1.29 is 18.3 Å². The molecule has 0 spiro atoms. The number of hydrogen-bond acceptors (Lipinski definition) is 8. The van der Waals surface area contributed by atoms with Crippen LogP contribution in [0.1, 0.15) is 5.56 Å². The number of pyridine rings is 2. The fraction of sp³-hybridized carbons (Fsp3) is 0.308. The van der Waals surface area contributed by atoms with Gasteiger partial charge in [-0.3, -0.25) is 14.3 Å². The van der Waals surface area contributed by atoms with Crippen molar-refractivity contribution >= 4 is 17.0 Å². The van der Waals surface area contributed by atoms with Gasteiger partial charge in [0.25, 0.3) is 5.56 Å². The molecule has 0 radical (unpaired) electrons. The molecular weight excluding hydrogens is 482 g/mol. The minimum atomic E-state index is -0.719. The summed E-state index contributed by atoms with van der Waals surface area (Å²) >= 11 is 0. The lowest BCUT2D eigenvalue weighted by Gasteiger charge is -2.26. The highest BCUT2D eigenvalue weighted by Gasteiger charge is 2.16. The number of methoxy groups -OCH3 is 1. The molecule has 1 aromatic carbocycles. The molecule has 1 aliphatic heterocycles. The maximum atomic E-state index is 13.9. The number of nitrogens with one attached hydrogen (secondary N) is 1. The molecule has 3 aromatic heterocycles. The second-order valence-electron chi connectivity index (χ2n) is 8.64. The summed E-state index contributed by atoms with van der Waals surface area (Å²) in [7, 11) is 1.53. The number of anilines is 1. The molecule has 11 heteroatoms. The van der Waals surface area contributed by atoms with Crippen molar-refractivity contribution in [1.29, 1.82) is 0 Å². The van der Waals surface area contributed by atoms with Crippen LogP contribution in [0.3, 0.4) is 0 Å². The number of halogens is 2. The van der Waals surface area contributed by atoms with Crippen molar-refractivity contribution in [2.24, 2.45) is 0 Å². The summed E-state index contributed by atoms with van der Waals surface area (Å²) in [4.78, 5) is 29.2. The number of aromatic nitrogens is 4. The average molecular weight is 509 g/mol. The molecule has 1 N–H and O–H groups in total. The van der Waals surface area contributed by atoms with Crippen LogP contribution in [0.5, 0.6) is 5.88 Å². The summed E-state index contributed by atoms with van der Waals surface area (Å²) in [6.45, 7) is 4.17. The molecular formula is C26H26F2N6O3. The van der Waals surface area contributed by atoms with Gasteiger partial charge >= 0.3 is 0 Å². The van der Waals surface area contributed by atoms with Crippen LogP contribution < -0.4 is 15.6 Å². The fourth-order valence-electron chi connectivity index (χ4n) is 4.24. The zero-order valence-corrected chi connectivity index (χ0v) is 20.3. The third kappa shape index (κ3) is 5.73. The number of fused-ring (bicyclic) bond motifs is 1. The van der Waals surface area contributed by atoms with Gasteiger partial charge in [0.2, 0.25) is 5.88 Å². The van der Waals surface area contributed by atoms with Gasteiger partial charge in [0, 0.05) is 50.1 Å². The highest BCUT2D eigenvalue weighted by molar-refractivity contribution is 5.76. The van der Waals surface area contributed by atoms with E-state index in [1.165, 1.54) is 23.8 Å². The first-order valence-corrected chi connectivity index (χ1v) is 11.9. The van der Waals surface area contributed by atoms with Gasteiger partial charge in [-0.1, -0.05) is 0 Å². The zero-order chi connectivity index (χ0) is 25.8. The summed E-state index contributed by atoms with van der Waals surface area (Å²) in [5.74, 6) is -0.825. The highest BCUT2D eigenvalue weighted by atomic mass is 19.1. The van der Waals surface area contributed by atoms with Crippen LogP contribution in [0.4, 0.5) is 14.6 Å². The Morgan fingerprint density at radius 1 is 1.05 bits per heavy atom. The van der Waals surface area contributed by atoms with Gasteiger partial charge in [0.15, 0.2) is 11.5 Å². The molecule has 37 heavy (non-hydrogen) atoms. The predicted molar refractivity (Wildman–Crippen MR) is 135 cm³/mol. The molecule has 5 rings (SSSR count). The first kappa shape index (κ1) is 24.7. The largest absolute Gasteiger partial charge is 0.481 e. The van der Waals surface area contributed by atoms with Crippen LogP contribution in [0.15, 0.2) is 53.5 Å². The predicted octanol–water partition coefficient (Wildman–Crippen LogP) is 2.93. The molecule has 1 aliphatic rings. The van der Waals surface area contributed by atoms with E-state index in [9.17, 15) is 13.6 Å². The zero-order valence-electron chi connectivity index (χ0n) is 20.3. The van der Waals surface area contributed by atoms with Crippen LogP contribution in [0.25, 0.3) is 22.4 Å². The molecule has 0 aliphatic carbocycles. The monoisotopic (exact) mass is 508 g/mol. The van der Waals surface area contributed by atoms with Gasteiger partial charge in [0.1, 0.15) is 17.2 Å². The average Bonchev–Trinajstić information content (AvgIpc) is 2.91. The van der Waals surface area contributed by atoms with Gasteiger partial charge in [-0.2, -0.15) is 0 Å². The molecule has 192 valence electrons. The standard InChI is InChI=1S/C26H26F2N6O3/c1-36-23-5-2-18(15-30-23)21-3-4-22-25(32-21)34(16-17-12-19(27)14-20(28)13-17)26(35)24(31-22)29-6-7-33-8-10-37-11-9-33/h2-5,12-15H,6-11,16H2,1H3,(H,29,31). The Morgan fingerprint density at radius 2 is 1.84 bits per heavy atom. The Hall–Kier alpha value is -3.96. The van der Waals surface area contributed by atoms with E-state index in [-0.39, 0.29) is 12.4 Å². The van der Waals surface area contributed by atoms with E-state index < -0.39 is 17.2 Å². The Balaban J connectivity index is 1.52. The lowest BCUT2D eigenvalue weighted by molar-refractivity contribution is 0.0398. The smallest absolute Gasteiger partial charge is 0.295 e. The summed E-state index contributed by atoms with van der Waals surface area (Å²) in [6.07, 6.45) is 1.62. The van der Waals surface area contributed by atoms with Crippen LogP contribution in [-0.4, -0.2) is 70.9 Å². The van der Waals surface area contributed by atoms with E-state index in [0.29, 0.717) is 53.6 Å². The number of morpholine rings is 1. The van der Waals surface area contributed by atoms with E-state index in [2.05, 4.69) is 25.2 Å². The first-order chi connectivity index (χ1) is 18.0. The molecule has 4 aromatic rings. The molecule has 0 atom stereocenters. The normalized spacial score (nSPS) is 14.1. The second kappa shape index (κ2) is 11.0.